The number of para-hydroxylation sites is 1. The minimum atomic E-state index is -0.147. The minimum absolute atomic E-state index is 0.147. The summed E-state index contributed by atoms with van der Waals surface area (Å²) in [4.78, 5) is 18.8. The number of aryl methyl sites for hydroxylation is 1. The Labute approximate surface area is 147 Å². The molecule has 126 valence electrons. The second-order valence-corrected chi connectivity index (χ2v) is 6.48. The van der Waals surface area contributed by atoms with Gasteiger partial charge in [-0.25, -0.2) is 0 Å². The Kier molecular flexibility index (Phi) is 4.20. The van der Waals surface area contributed by atoms with Gasteiger partial charge in [0.1, 0.15) is 5.82 Å². The van der Waals surface area contributed by atoms with Gasteiger partial charge in [0.15, 0.2) is 0 Å². The molecule has 3 aromatic rings. The third-order valence-corrected chi connectivity index (χ3v) is 4.77. The van der Waals surface area contributed by atoms with Gasteiger partial charge in [-0.1, -0.05) is 48.5 Å². The van der Waals surface area contributed by atoms with Crippen LogP contribution < -0.4 is 5.56 Å². The number of rotatable bonds is 3. The Morgan fingerprint density at radius 2 is 1.80 bits per heavy atom. The molecule has 1 aliphatic heterocycles. The molecule has 0 saturated heterocycles. The van der Waals surface area contributed by atoms with Crippen LogP contribution in [-0.4, -0.2) is 27.5 Å². The predicted octanol–water partition coefficient (Wildman–Crippen LogP) is 3.45. The van der Waals surface area contributed by atoms with Crippen molar-refractivity contribution in [2.24, 2.45) is 0 Å². The van der Waals surface area contributed by atoms with E-state index in [9.17, 15) is 4.79 Å². The Morgan fingerprint density at radius 3 is 2.56 bits per heavy atom. The molecule has 4 heteroatoms. The molecule has 4 nitrogen and oxygen atoms in total. The summed E-state index contributed by atoms with van der Waals surface area (Å²) in [5.41, 5.74) is 3.37. The zero-order valence-corrected chi connectivity index (χ0v) is 14.4. The molecule has 0 aliphatic carbocycles. The Balaban J connectivity index is 1.64. The van der Waals surface area contributed by atoms with E-state index in [1.807, 2.05) is 31.2 Å². The lowest BCUT2D eigenvalue weighted by Gasteiger charge is -2.28. The van der Waals surface area contributed by atoms with Crippen LogP contribution in [-0.2, 0) is 6.54 Å². The van der Waals surface area contributed by atoms with Crippen molar-refractivity contribution in [3.63, 3.8) is 0 Å². The summed E-state index contributed by atoms with van der Waals surface area (Å²) in [5.74, 6) is 0.756. The van der Waals surface area contributed by atoms with Crippen molar-refractivity contribution in [3.8, 4) is 0 Å². The molecule has 25 heavy (non-hydrogen) atoms. The van der Waals surface area contributed by atoms with Gasteiger partial charge in [-0.3, -0.25) is 9.69 Å². The molecule has 0 spiro atoms. The van der Waals surface area contributed by atoms with E-state index in [1.165, 1.54) is 11.3 Å². The number of fused-ring (bicyclic) bond motifs is 1. The summed E-state index contributed by atoms with van der Waals surface area (Å²) in [6.07, 6.45) is 3.21. The van der Waals surface area contributed by atoms with E-state index in [1.54, 1.807) is 0 Å². The van der Waals surface area contributed by atoms with Crippen LogP contribution in [0, 0.1) is 6.92 Å². The van der Waals surface area contributed by atoms with Crippen molar-refractivity contribution < 1.29 is 0 Å². The Bertz CT molecular complexity index is 989. The molecule has 0 saturated carbocycles. The highest BCUT2D eigenvalue weighted by atomic mass is 16.1. The summed E-state index contributed by atoms with van der Waals surface area (Å²) in [6, 6.07) is 18.3. The molecule has 0 atom stereocenters. The maximum atomic E-state index is 12.1. The standard InChI is InChI=1S/C21H21N3O/c1-16-22-21(25)19-9-5-6-10-20(19)24(16)18-11-13-23(14-12-18)15-17-7-3-2-4-8-17/h2-11H,12-15H2,1H3. The highest BCUT2D eigenvalue weighted by Crippen LogP contribution is 2.23. The van der Waals surface area contributed by atoms with Crippen molar-refractivity contribution in [1.29, 1.82) is 0 Å². The van der Waals surface area contributed by atoms with Gasteiger partial charge in [0.2, 0.25) is 0 Å². The molecule has 4 rings (SSSR count). The average Bonchev–Trinajstić information content (AvgIpc) is 2.64. The molecule has 0 amide bonds. The lowest BCUT2D eigenvalue weighted by atomic mass is 10.1. The Hall–Kier alpha value is -2.72. The van der Waals surface area contributed by atoms with Gasteiger partial charge in [0, 0.05) is 31.8 Å². The lowest BCUT2D eigenvalue weighted by molar-refractivity contribution is 0.291. The fourth-order valence-corrected chi connectivity index (χ4v) is 3.53. The zero-order valence-electron chi connectivity index (χ0n) is 14.4. The zero-order chi connectivity index (χ0) is 17.2. The van der Waals surface area contributed by atoms with Gasteiger partial charge in [-0.05, 0) is 24.6 Å². The molecule has 1 aromatic heterocycles. The number of nitrogens with zero attached hydrogens (tertiary/aromatic N) is 3. The molecule has 2 heterocycles. The van der Waals surface area contributed by atoms with Gasteiger partial charge >= 0.3 is 0 Å². The fraction of sp³-hybridized carbons (Fsp3) is 0.238. The second kappa shape index (κ2) is 6.65. The largest absolute Gasteiger partial charge is 0.302 e. The molecule has 0 unspecified atom stereocenters. The Morgan fingerprint density at radius 1 is 1.04 bits per heavy atom. The maximum Gasteiger partial charge on any atom is 0.280 e. The van der Waals surface area contributed by atoms with Crippen LogP contribution in [0.4, 0.5) is 0 Å². The van der Waals surface area contributed by atoms with E-state index < -0.39 is 0 Å². The first-order chi connectivity index (χ1) is 12.2. The number of hydrogen-bond acceptors (Lipinski definition) is 3. The summed E-state index contributed by atoms with van der Waals surface area (Å²) in [6.45, 7) is 4.78. The maximum absolute atomic E-state index is 12.1. The fourth-order valence-electron chi connectivity index (χ4n) is 3.53. The first kappa shape index (κ1) is 15.8. The monoisotopic (exact) mass is 331 g/mol. The van der Waals surface area contributed by atoms with Gasteiger partial charge in [0.25, 0.3) is 5.56 Å². The highest BCUT2D eigenvalue weighted by Gasteiger charge is 2.16. The molecule has 0 radical (unpaired) electrons. The molecule has 0 bridgehead atoms. The third kappa shape index (κ3) is 3.13. The highest BCUT2D eigenvalue weighted by molar-refractivity contribution is 5.81. The second-order valence-electron chi connectivity index (χ2n) is 6.48. The first-order valence-corrected chi connectivity index (χ1v) is 8.66. The van der Waals surface area contributed by atoms with E-state index >= 15 is 0 Å². The van der Waals surface area contributed by atoms with Crippen molar-refractivity contribution in [3.05, 3.63) is 82.4 Å². The molecule has 0 N–H and O–H groups in total. The molecular formula is C21H21N3O. The third-order valence-electron chi connectivity index (χ3n) is 4.77. The molecule has 1 aliphatic rings. The summed E-state index contributed by atoms with van der Waals surface area (Å²) >= 11 is 0. The van der Waals surface area contributed by atoms with Crippen LogP contribution in [0.15, 0.2) is 65.5 Å². The van der Waals surface area contributed by atoms with Gasteiger partial charge in [-0.2, -0.15) is 4.98 Å². The number of benzene rings is 2. The molecule has 0 fully saturated rings. The summed E-state index contributed by atoms with van der Waals surface area (Å²) < 4.78 is 2.14. The van der Waals surface area contributed by atoms with Crippen molar-refractivity contribution in [2.75, 3.05) is 13.1 Å². The lowest BCUT2D eigenvalue weighted by Crippen LogP contribution is -2.29. The number of hydrogen-bond donors (Lipinski definition) is 0. The topological polar surface area (TPSA) is 38.1 Å². The van der Waals surface area contributed by atoms with E-state index in [0.29, 0.717) is 5.39 Å². The average molecular weight is 331 g/mol. The van der Waals surface area contributed by atoms with Gasteiger partial charge in [0.05, 0.1) is 10.9 Å². The van der Waals surface area contributed by atoms with Crippen LogP contribution in [0.3, 0.4) is 0 Å². The van der Waals surface area contributed by atoms with E-state index in [4.69, 9.17) is 0 Å². The molecule has 2 aromatic carbocycles. The summed E-state index contributed by atoms with van der Waals surface area (Å²) in [5, 5.41) is 0.681. The van der Waals surface area contributed by atoms with Crippen LogP contribution in [0.2, 0.25) is 0 Å². The van der Waals surface area contributed by atoms with Crippen molar-refractivity contribution >= 4 is 16.6 Å². The first-order valence-electron chi connectivity index (χ1n) is 8.66. The van der Waals surface area contributed by atoms with Crippen LogP contribution in [0.25, 0.3) is 16.6 Å². The smallest absolute Gasteiger partial charge is 0.280 e. The van der Waals surface area contributed by atoms with E-state index in [0.717, 1.165) is 37.4 Å². The van der Waals surface area contributed by atoms with E-state index in [2.05, 4.69) is 50.9 Å². The summed E-state index contributed by atoms with van der Waals surface area (Å²) in [7, 11) is 0. The quantitative estimate of drug-likeness (QED) is 0.738. The van der Waals surface area contributed by atoms with Crippen LogP contribution in [0.1, 0.15) is 17.8 Å². The van der Waals surface area contributed by atoms with Crippen LogP contribution >= 0.6 is 0 Å². The van der Waals surface area contributed by atoms with E-state index in [-0.39, 0.29) is 5.56 Å². The normalized spacial score (nSPS) is 15.3. The van der Waals surface area contributed by atoms with Gasteiger partial charge < -0.3 is 4.57 Å². The molecular weight excluding hydrogens is 310 g/mol. The van der Waals surface area contributed by atoms with Crippen molar-refractivity contribution in [1.82, 2.24) is 14.5 Å². The number of aromatic nitrogens is 2. The SMILES string of the molecule is Cc1nc(=O)c2ccccc2n1C1=CCN(Cc2ccccc2)CC1. The minimum Gasteiger partial charge on any atom is -0.302 e. The van der Waals surface area contributed by atoms with Gasteiger partial charge in [-0.15, -0.1) is 0 Å². The predicted molar refractivity (Wildman–Crippen MR) is 101 cm³/mol. The van der Waals surface area contributed by atoms with Crippen LogP contribution in [0.5, 0.6) is 0 Å². The van der Waals surface area contributed by atoms with Crippen molar-refractivity contribution in [2.45, 2.75) is 19.9 Å².